The van der Waals surface area contributed by atoms with E-state index in [1.807, 2.05) is 42.5 Å². The molecular weight excluding hydrogens is 380 g/mol. The molecule has 0 bridgehead atoms. The number of aromatic nitrogens is 1. The maximum absolute atomic E-state index is 10.9. The zero-order chi connectivity index (χ0) is 17.4. The van der Waals surface area contributed by atoms with Gasteiger partial charge in [0, 0.05) is 28.7 Å². The second-order valence-electron chi connectivity index (χ2n) is 5.95. The average Bonchev–Trinajstić information content (AvgIpc) is 2.59. The lowest BCUT2D eigenvalue weighted by Gasteiger charge is -2.45. The number of benzene rings is 2. The Hall–Kier alpha value is -2.66. The van der Waals surface area contributed by atoms with Crippen LogP contribution in [0.2, 0.25) is 0 Å². The summed E-state index contributed by atoms with van der Waals surface area (Å²) in [6.45, 7) is 0. The van der Waals surface area contributed by atoms with Crippen LogP contribution in [0.4, 0.5) is 11.4 Å². The van der Waals surface area contributed by atoms with Crippen LogP contribution < -0.4 is 4.90 Å². The largest absolute Gasteiger partial charge is 0.481 e. The summed E-state index contributed by atoms with van der Waals surface area (Å²) in [5.41, 5.74) is 5.36. The first-order valence-corrected chi connectivity index (χ1v) is 8.74. The van der Waals surface area contributed by atoms with Gasteiger partial charge in [0.05, 0.1) is 12.5 Å². The minimum Gasteiger partial charge on any atom is -0.481 e. The highest BCUT2D eigenvalue weighted by molar-refractivity contribution is 9.10. The summed E-state index contributed by atoms with van der Waals surface area (Å²) in [5, 5.41) is 8.93. The molecule has 1 atom stereocenters. The number of carbonyl (C=O) groups is 1. The molecule has 0 aliphatic carbocycles. The predicted octanol–water partition coefficient (Wildman–Crippen LogP) is 4.71. The van der Waals surface area contributed by atoms with Crippen LogP contribution in [-0.2, 0) is 11.2 Å². The maximum atomic E-state index is 10.9. The van der Waals surface area contributed by atoms with Crippen LogP contribution in [0, 0.1) is 0 Å². The topological polar surface area (TPSA) is 53.4 Å². The van der Waals surface area contributed by atoms with Crippen LogP contribution >= 0.6 is 15.9 Å². The Morgan fingerprint density at radius 1 is 1.04 bits per heavy atom. The van der Waals surface area contributed by atoms with Crippen molar-refractivity contribution in [3.63, 3.8) is 0 Å². The Kier molecular flexibility index (Phi) is 4.01. The number of para-hydroxylation sites is 1. The summed E-state index contributed by atoms with van der Waals surface area (Å²) in [6.07, 6.45) is 1.80. The second kappa shape index (κ2) is 6.33. The molecule has 0 saturated carbocycles. The third-order valence-electron chi connectivity index (χ3n) is 4.40. The monoisotopic (exact) mass is 394 g/mol. The van der Waals surface area contributed by atoms with Crippen LogP contribution in [0.15, 0.2) is 71.5 Å². The molecule has 124 valence electrons. The molecule has 0 radical (unpaired) electrons. The molecule has 0 amide bonds. The fourth-order valence-corrected chi connectivity index (χ4v) is 3.76. The van der Waals surface area contributed by atoms with Gasteiger partial charge in [0.15, 0.2) is 0 Å². The summed E-state index contributed by atoms with van der Waals surface area (Å²) in [4.78, 5) is 17.5. The first-order chi connectivity index (χ1) is 12.1. The van der Waals surface area contributed by atoms with Crippen LogP contribution in [-0.4, -0.2) is 16.1 Å². The number of carboxylic acid groups (broad SMARTS) is 1. The molecule has 5 heteroatoms. The van der Waals surface area contributed by atoms with Gasteiger partial charge in [-0.05, 0) is 45.8 Å². The third-order valence-corrected chi connectivity index (χ3v) is 5.06. The average molecular weight is 395 g/mol. The Morgan fingerprint density at radius 3 is 2.48 bits per heavy atom. The summed E-state index contributed by atoms with van der Waals surface area (Å²) in [7, 11) is 0. The molecule has 0 fully saturated rings. The van der Waals surface area contributed by atoms with Crippen LogP contribution in [0.3, 0.4) is 0 Å². The second-order valence-corrected chi connectivity index (χ2v) is 6.70. The SMILES string of the molecule is O=C(O)Cc1ccc(N2c3ccccc3C2c2cccnc2Br)cc1. The number of fused-ring (bicyclic) bond motifs is 1. The van der Waals surface area contributed by atoms with Crippen LogP contribution in [0.5, 0.6) is 0 Å². The van der Waals surface area contributed by atoms with Gasteiger partial charge in [-0.15, -0.1) is 0 Å². The molecule has 2 aromatic carbocycles. The van der Waals surface area contributed by atoms with E-state index in [1.165, 1.54) is 5.56 Å². The number of rotatable bonds is 4. The molecule has 3 aromatic rings. The Labute approximate surface area is 153 Å². The number of nitrogens with zero attached hydrogens (tertiary/aromatic N) is 2. The number of pyridine rings is 1. The lowest BCUT2D eigenvalue weighted by atomic mass is 9.87. The van der Waals surface area contributed by atoms with E-state index in [4.69, 9.17) is 5.11 Å². The smallest absolute Gasteiger partial charge is 0.307 e. The van der Waals surface area contributed by atoms with Crippen molar-refractivity contribution >= 4 is 33.3 Å². The molecular formula is C20H15BrN2O2. The van der Waals surface area contributed by atoms with Crippen molar-refractivity contribution in [2.45, 2.75) is 12.5 Å². The molecule has 1 aliphatic rings. The number of hydrogen-bond donors (Lipinski definition) is 1. The highest BCUT2D eigenvalue weighted by Crippen LogP contribution is 2.52. The fraction of sp³-hybridized carbons (Fsp3) is 0.100. The third kappa shape index (κ3) is 2.81. The molecule has 4 nitrogen and oxygen atoms in total. The van der Waals surface area contributed by atoms with Crippen molar-refractivity contribution in [2.75, 3.05) is 4.90 Å². The summed E-state index contributed by atoms with van der Waals surface area (Å²) in [5.74, 6) is -0.820. The van der Waals surface area contributed by atoms with Gasteiger partial charge < -0.3 is 10.0 Å². The highest BCUT2D eigenvalue weighted by atomic mass is 79.9. The molecule has 1 aromatic heterocycles. The Bertz CT molecular complexity index is 940. The number of anilines is 2. The van der Waals surface area contributed by atoms with Crippen molar-refractivity contribution in [1.29, 1.82) is 0 Å². The molecule has 1 N–H and O–H groups in total. The fourth-order valence-electron chi connectivity index (χ4n) is 3.30. The van der Waals surface area contributed by atoms with Gasteiger partial charge in [0.2, 0.25) is 0 Å². The van der Waals surface area contributed by atoms with Crippen molar-refractivity contribution in [3.8, 4) is 0 Å². The van der Waals surface area contributed by atoms with E-state index in [0.29, 0.717) is 0 Å². The van der Waals surface area contributed by atoms with Gasteiger partial charge in [-0.25, -0.2) is 4.98 Å². The Morgan fingerprint density at radius 2 is 1.76 bits per heavy atom. The predicted molar refractivity (Wildman–Crippen MR) is 100 cm³/mol. The van der Waals surface area contributed by atoms with E-state index in [0.717, 1.165) is 27.1 Å². The lowest BCUT2D eigenvalue weighted by Crippen LogP contribution is -2.35. The van der Waals surface area contributed by atoms with Gasteiger partial charge >= 0.3 is 5.97 Å². The van der Waals surface area contributed by atoms with Gasteiger partial charge in [-0.1, -0.05) is 36.4 Å². The van der Waals surface area contributed by atoms with E-state index in [9.17, 15) is 4.79 Å². The van der Waals surface area contributed by atoms with E-state index >= 15 is 0 Å². The van der Waals surface area contributed by atoms with Crippen LogP contribution in [0.25, 0.3) is 0 Å². The highest BCUT2D eigenvalue weighted by Gasteiger charge is 2.37. The van der Waals surface area contributed by atoms with Crippen molar-refractivity contribution in [1.82, 2.24) is 4.98 Å². The number of halogens is 1. The van der Waals surface area contributed by atoms with Gasteiger partial charge in [0.1, 0.15) is 4.60 Å². The molecule has 4 rings (SSSR count). The summed E-state index contributed by atoms with van der Waals surface area (Å²) < 4.78 is 0.835. The minimum absolute atomic E-state index is 0.0362. The number of aliphatic carboxylic acids is 1. The normalized spacial score (nSPS) is 15.4. The number of hydrogen-bond acceptors (Lipinski definition) is 3. The van der Waals surface area contributed by atoms with E-state index in [2.05, 4.69) is 44.0 Å². The molecule has 25 heavy (non-hydrogen) atoms. The molecule has 1 unspecified atom stereocenters. The van der Waals surface area contributed by atoms with E-state index in [1.54, 1.807) is 6.20 Å². The van der Waals surface area contributed by atoms with Crippen molar-refractivity contribution < 1.29 is 9.90 Å². The standard InChI is InChI=1S/C20H15BrN2O2/c21-20-16(5-3-11-22-20)19-15-4-1-2-6-17(15)23(19)14-9-7-13(8-10-14)12-18(24)25/h1-11,19H,12H2,(H,24,25). The maximum Gasteiger partial charge on any atom is 0.307 e. The summed E-state index contributed by atoms with van der Waals surface area (Å²) >= 11 is 3.56. The summed E-state index contributed by atoms with van der Waals surface area (Å²) in [6, 6.07) is 20.1. The molecule has 2 heterocycles. The van der Waals surface area contributed by atoms with E-state index in [-0.39, 0.29) is 12.5 Å². The van der Waals surface area contributed by atoms with Crippen molar-refractivity contribution in [2.24, 2.45) is 0 Å². The quantitative estimate of drug-likeness (QED) is 0.650. The van der Waals surface area contributed by atoms with Gasteiger partial charge in [0.25, 0.3) is 0 Å². The van der Waals surface area contributed by atoms with Crippen LogP contribution in [0.1, 0.15) is 22.7 Å². The minimum atomic E-state index is -0.820. The van der Waals surface area contributed by atoms with Gasteiger partial charge in [-0.2, -0.15) is 0 Å². The Balaban J connectivity index is 1.75. The molecule has 0 saturated heterocycles. The lowest BCUT2D eigenvalue weighted by molar-refractivity contribution is -0.136. The molecule has 1 aliphatic heterocycles. The first kappa shape index (κ1) is 15.8. The molecule has 0 spiro atoms. The van der Waals surface area contributed by atoms with E-state index < -0.39 is 5.97 Å². The number of carboxylic acids is 1. The zero-order valence-corrected chi connectivity index (χ0v) is 14.8. The van der Waals surface area contributed by atoms with Gasteiger partial charge in [-0.3, -0.25) is 4.79 Å². The zero-order valence-electron chi connectivity index (χ0n) is 13.3. The first-order valence-electron chi connectivity index (χ1n) is 7.94. The van der Waals surface area contributed by atoms with Crippen molar-refractivity contribution in [3.05, 3.63) is 88.2 Å².